The molecule has 0 saturated carbocycles. The lowest BCUT2D eigenvalue weighted by molar-refractivity contribution is 0.0681. The molecule has 0 radical (unpaired) electrons. The summed E-state index contributed by atoms with van der Waals surface area (Å²) in [5.74, 6) is 0.918. The van der Waals surface area contributed by atoms with Gasteiger partial charge in [0.1, 0.15) is 5.75 Å². The Morgan fingerprint density at radius 3 is 2.36 bits per heavy atom. The van der Waals surface area contributed by atoms with Crippen LogP contribution in [0.5, 0.6) is 5.75 Å². The number of likely N-dealkylation sites (tertiary alicyclic amines) is 1. The van der Waals surface area contributed by atoms with Gasteiger partial charge in [0.05, 0.1) is 13.2 Å². The van der Waals surface area contributed by atoms with Crippen molar-refractivity contribution in [3.63, 3.8) is 0 Å². The molecule has 1 aliphatic rings. The fourth-order valence-electron chi connectivity index (χ4n) is 3.32. The lowest BCUT2D eigenvalue weighted by Crippen LogP contribution is -2.34. The standard InChI is InChI=1S/C20H24N2O2.ClH/c1-24-18-12-8-15(9-13-18)19-5-3-2-4-14-22(19)20(23)16-6-10-17(21)11-7-16;/h6-13,19H,2-5,14,21H2,1H3;1H. The number of halogens is 1. The fraction of sp³-hybridized carbons (Fsp3) is 0.350. The highest BCUT2D eigenvalue weighted by Crippen LogP contribution is 2.32. The number of anilines is 1. The number of ether oxygens (including phenoxy) is 1. The van der Waals surface area contributed by atoms with Gasteiger partial charge in [-0.3, -0.25) is 4.79 Å². The van der Waals surface area contributed by atoms with Crippen LogP contribution < -0.4 is 10.5 Å². The highest BCUT2D eigenvalue weighted by Gasteiger charge is 2.27. The Hall–Kier alpha value is -2.20. The normalized spacial score (nSPS) is 17.3. The maximum atomic E-state index is 13.0. The summed E-state index contributed by atoms with van der Waals surface area (Å²) >= 11 is 0. The molecule has 0 aromatic heterocycles. The fourth-order valence-corrected chi connectivity index (χ4v) is 3.32. The monoisotopic (exact) mass is 360 g/mol. The molecule has 25 heavy (non-hydrogen) atoms. The van der Waals surface area contributed by atoms with Crippen LogP contribution in [0.3, 0.4) is 0 Å². The van der Waals surface area contributed by atoms with Gasteiger partial charge >= 0.3 is 0 Å². The summed E-state index contributed by atoms with van der Waals surface area (Å²) in [4.78, 5) is 15.0. The van der Waals surface area contributed by atoms with Crippen molar-refractivity contribution in [1.29, 1.82) is 0 Å². The summed E-state index contributed by atoms with van der Waals surface area (Å²) in [6.07, 6.45) is 4.35. The topological polar surface area (TPSA) is 55.6 Å². The molecule has 0 spiro atoms. The number of nitrogens with zero attached hydrogens (tertiary/aromatic N) is 1. The number of nitrogens with two attached hydrogens (primary N) is 1. The molecule has 2 aromatic rings. The van der Waals surface area contributed by atoms with E-state index in [9.17, 15) is 4.79 Å². The third kappa shape index (κ3) is 4.45. The minimum Gasteiger partial charge on any atom is -0.497 e. The summed E-state index contributed by atoms with van der Waals surface area (Å²) in [6, 6.07) is 15.4. The van der Waals surface area contributed by atoms with Gasteiger partial charge in [0.15, 0.2) is 0 Å². The predicted octanol–water partition coefficient (Wildman–Crippen LogP) is 4.46. The Kier molecular flexibility index (Phi) is 6.71. The molecule has 0 bridgehead atoms. The van der Waals surface area contributed by atoms with E-state index in [1.54, 1.807) is 19.2 Å². The van der Waals surface area contributed by atoms with Crippen LogP contribution >= 0.6 is 12.4 Å². The molecule has 0 aliphatic carbocycles. The number of rotatable bonds is 3. The molecule has 1 aliphatic heterocycles. The Morgan fingerprint density at radius 1 is 1.04 bits per heavy atom. The number of carbonyl (C=O) groups excluding carboxylic acids is 1. The summed E-state index contributed by atoms with van der Waals surface area (Å²) in [7, 11) is 1.66. The number of nitrogen functional groups attached to an aromatic ring is 1. The van der Waals surface area contributed by atoms with E-state index >= 15 is 0 Å². The first-order chi connectivity index (χ1) is 11.7. The summed E-state index contributed by atoms with van der Waals surface area (Å²) < 4.78 is 5.24. The van der Waals surface area contributed by atoms with Gasteiger partial charge in [0, 0.05) is 17.8 Å². The van der Waals surface area contributed by atoms with Crippen molar-refractivity contribution in [2.24, 2.45) is 0 Å². The molecule has 1 fully saturated rings. The third-order valence-electron chi connectivity index (χ3n) is 4.67. The second-order valence-corrected chi connectivity index (χ2v) is 6.26. The summed E-state index contributed by atoms with van der Waals surface area (Å²) in [5.41, 5.74) is 8.28. The number of methoxy groups -OCH3 is 1. The molecule has 2 aromatic carbocycles. The molecule has 134 valence electrons. The molecule has 3 rings (SSSR count). The van der Waals surface area contributed by atoms with Crippen molar-refractivity contribution < 1.29 is 9.53 Å². The molecule has 1 amide bonds. The van der Waals surface area contributed by atoms with Crippen LogP contribution in [0.4, 0.5) is 5.69 Å². The SMILES string of the molecule is COc1ccc(C2CCCCCN2C(=O)c2ccc(N)cc2)cc1.Cl. The largest absolute Gasteiger partial charge is 0.497 e. The van der Waals surface area contributed by atoms with Crippen molar-refractivity contribution in [3.8, 4) is 5.75 Å². The Bertz CT molecular complexity index is 686. The number of hydrogen-bond acceptors (Lipinski definition) is 3. The molecule has 1 heterocycles. The lowest BCUT2D eigenvalue weighted by atomic mass is 10.00. The maximum Gasteiger partial charge on any atom is 0.254 e. The van der Waals surface area contributed by atoms with Gasteiger partial charge in [-0.25, -0.2) is 0 Å². The second kappa shape index (κ2) is 8.77. The smallest absolute Gasteiger partial charge is 0.254 e. The zero-order valence-electron chi connectivity index (χ0n) is 14.5. The van der Waals surface area contributed by atoms with Crippen LogP contribution in [-0.4, -0.2) is 24.5 Å². The van der Waals surface area contributed by atoms with E-state index in [1.807, 2.05) is 29.2 Å². The van der Waals surface area contributed by atoms with E-state index in [-0.39, 0.29) is 24.4 Å². The second-order valence-electron chi connectivity index (χ2n) is 6.26. The summed E-state index contributed by atoms with van der Waals surface area (Å²) in [6.45, 7) is 0.792. The van der Waals surface area contributed by atoms with E-state index in [1.165, 1.54) is 5.56 Å². The predicted molar refractivity (Wildman–Crippen MR) is 103 cm³/mol. The van der Waals surface area contributed by atoms with Crippen molar-refractivity contribution in [3.05, 3.63) is 59.7 Å². The van der Waals surface area contributed by atoms with E-state index in [0.717, 1.165) is 38.0 Å². The molecule has 1 atom stereocenters. The van der Waals surface area contributed by atoms with Crippen molar-refractivity contribution in [2.45, 2.75) is 31.7 Å². The first kappa shape index (κ1) is 19.1. The Labute approximate surface area is 155 Å². The van der Waals surface area contributed by atoms with Gasteiger partial charge in [0.25, 0.3) is 5.91 Å². The van der Waals surface area contributed by atoms with E-state index < -0.39 is 0 Å². The number of hydrogen-bond donors (Lipinski definition) is 1. The molecule has 2 N–H and O–H groups in total. The number of amides is 1. The first-order valence-electron chi connectivity index (χ1n) is 8.49. The first-order valence-corrected chi connectivity index (χ1v) is 8.49. The average molecular weight is 361 g/mol. The van der Waals surface area contributed by atoms with Crippen molar-refractivity contribution in [1.82, 2.24) is 4.90 Å². The Balaban J connectivity index is 0.00000225. The van der Waals surface area contributed by atoms with Crippen LogP contribution in [0.1, 0.15) is 47.6 Å². The number of carbonyl (C=O) groups is 1. The highest BCUT2D eigenvalue weighted by molar-refractivity contribution is 5.94. The zero-order valence-corrected chi connectivity index (χ0v) is 15.3. The minimum atomic E-state index is 0. The Morgan fingerprint density at radius 2 is 1.72 bits per heavy atom. The molecule has 4 nitrogen and oxygen atoms in total. The lowest BCUT2D eigenvalue weighted by Gasteiger charge is -2.30. The van der Waals surface area contributed by atoms with Gasteiger partial charge in [-0.1, -0.05) is 25.0 Å². The van der Waals surface area contributed by atoms with Crippen molar-refractivity contribution >= 4 is 24.0 Å². The molecule has 5 heteroatoms. The van der Waals surface area contributed by atoms with Gasteiger partial charge in [-0.15, -0.1) is 12.4 Å². The maximum absolute atomic E-state index is 13.0. The van der Waals surface area contributed by atoms with Gasteiger partial charge in [-0.05, 0) is 54.8 Å². The van der Waals surface area contributed by atoms with Gasteiger partial charge in [0.2, 0.25) is 0 Å². The molecular formula is C20H25ClN2O2. The summed E-state index contributed by atoms with van der Waals surface area (Å²) in [5, 5.41) is 0. The minimum absolute atomic E-state index is 0. The van der Waals surface area contributed by atoms with E-state index in [2.05, 4.69) is 12.1 Å². The number of benzene rings is 2. The van der Waals surface area contributed by atoms with Crippen LogP contribution in [0.15, 0.2) is 48.5 Å². The molecule has 1 saturated heterocycles. The van der Waals surface area contributed by atoms with Crippen molar-refractivity contribution in [2.75, 3.05) is 19.4 Å². The van der Waals surface area contributed by atoms with Crippen LogP contribution in [0, 0.1) is 0 Å². The highest BCUT2D eigenvalue weighted by atomic mass is 35.5. The quantitative estimate of drug-likeness (QED) is 0.822. The average Bonchev–Trinajstić information content (AvgIpc) is 2.88. The zero-order chi connectivity index (χ0) is 16.9. The molecule has 1 unspecified atom stereocenters. The third-order valence-corrected chi connectivity index (χ3v) is 4.67. The van der Waals surface area contributed by atoms with Gasteiger partial charge in [-0.2, -0.15) is 0 Å². The van der Waals surface area contributed by atoms with Crippen LogP contribution in [-0.2, 0) is 0 Å². The van der Waals surface area contributed by atoms with E-state index in [4.69, 9.17) is 10.5 Å². The van der Waals surface area contributed by atoms with E-state index in [0.29, 0.717) is 11.3 Å². The molecular weight excluding hydrogens is 336 g/mol. The van der Waals surface area contributed by atoms with Gasteiger partial charge < -0.3 is 15.4 Å². The van der Waals surface area contributed by atoms with Crippen LogP contribution in [0.2, 0.25) is 0 Å². The van der Waals surface area contributed by atoms with Crippen LogP contribution in [0.25, 0.3) is 0 Å².